The van der Waals surface area contributed by atoms with Crippen molar-refractivity contribution in [3.63, 3.8) is 0 Å². The van der Waals surface area contributed by atoms with Crippen LogP contribution < -0.4 is 15.4 Å². The summed E-state index contributed by atoms with van der Waals surface area (Å²) in [6.45, 7) is 6.07. The van der Waals surface area contributed by atoms with Crippen molar-refractivity contribution in [1.29, 1.82) is 0 Å². The summed E-state index contributed by atoms with van der Waals surface area (Å²) in [4.78, 5) is 4.20. The first-order valence-electron chi connectivity index (χ1n) is 7.29. The van der Waals surface area contributed by atoms with Crippen molar-refractivity contribution in [3.05, 3.63) is 0 Å². The molecule has 2 rings (SSSR count). The minimum Gasteiger partial charge on any atom is -0.377 e. The van der Waals surface area contributed by atoms with Gasteiger partial charge in [-0.2, -0.15) is 0 Å². The van der Waals surface area contributed by atoms with E-state index in [0.29, 0.717) is 37.1 Å². The zero-order chi connectivity index (χ0) is 15.7. The quantitative estimate of drug-likeness (QED) is 0.242. The molecule has 0 aromatic rings. The van der Waals surface area contributed by atoms with Gasteiger partial charge in [0.2, 0.25) is 10.0 Å². The van der Waals surface area contributed by atoms with Gasteiger partial charge in [-0.3, -0.25) is 4.99 Å². The molecule has 2 fully saturated rings. The highest BCUT2D eigenvalue weighted by Crippen LogP contribution is 2.51. The average Bonchev–Trinajstić information content (AvgIpc) is 2.83. The molecule has 1 saturated heterocycles. The Hall–Kier alpha value is -0.130. The SMILES string of the molecule is CN=C(NCCNS(C)(=O)=O)NC1C2CCOC2C1(C)C.I. The molecule has 2 aliphatic rings. The highest BCUT2D eigenvalue weighted by molar-refractivity contribution is 14.0. The van der Waals surface area contributed by atoms with Crippen LogP contribution in [0.4, 0.5) is 0 Å². The van der Waals surface area contributed by atoms with E-state index in [1.54, 1.807) is 7.05 Å². The van der Waals surface area contributed by atoms with Gasteiger partial charge in [0.1, 0.15) is 0 Å². The number of fused-ring (bicyclic) bond motifs is 1. The van der Waals surface area contributed by atoms with Gasteiger partial charge >= 0.3 is 0 Å². The predicted octanol–water partition coefficient (Wildman–Crippen LogP) is 0.132. The zero-order valence-corrected chi connectivity index (χ0v) is 16.7. The van der Waals surface area contributed by atoms with Gasteiger partial charge in [-0.05, 0) is 6.42 Å². The van der Waals surface area contributed by atoms with Crippen LogP contribution in [0.2, 0.25) is 0 Å². The van der Waals surface area contributed by atoms with Gasteiger partial charge in [0.15, 0.2) is 5.96 Å². The van der Waals surface area contributed by atoms with Crippen molar-refractivity contribution in [2.45, 2.75) is 32.4 Å². The van der Waals surface area contributed by atoms with E-state index in [1.165, 1.54) is 0 Å². The van der Waals surface area contributed by atoms with Crippen molar-refractivity contribution in [2.24, 2.45) is 16.3 Å². The summed E-state index contributed by atoms with van der Waals surface area (Å²) in [5.74, 6) is 1.24. The minimum absolute atomic E-state index is 0. The number of hydrogen-bond acceptors (Lipinski definition) is 4. The summed E-state index contributed by atoms with van der Waals surface area (Å²) in [6, 6.07) is 0.332. The molecule has 22 heavy (non-hydrogen) atoms. The van der Waals surface area contributed by atoms with Gasteiger partial charge in [-0.1, -0.05) is 13.8 Å². The topological polar surface area (TPSA) is 91.8 Å². The smallest absolute Gasteiger partial charge is 0.208 e. The largest absolute Gasteiger partial charge is 0.377 e. The first-order valence-corrected chi connectivity index (χ1v) is 9.18. The molecule has 0 aromatic carbocycles. The second-order valence-electron chi connectivity index (χ2n) is 6.35. The summed E-state index contributed by atoms with van der Waals surface area (Å²) in [7, 11) is -1.43. The predicted molar refractivity (Wildman–Crippen MR) is 98.2 cm³/mol. The molecule has 0 bridgehead atoms. The molecule has 0 radical (unpaired) electrons. The van der Waals surface area contributed by atoms with Crippen molar-refractivity contribution in [3.8, 4) is 0 Å². The van der Waals surface area contributed by atoms with Crippen LogP contribution in [0.15, 0.2) is 4.99 Å². The Labute approximate surface area is 150 Å². The standard InChI is InChI=1S/C13H26N4O3S.HI/c1-13(2)10(9-5-8-20-11(9)13)17-12(14-3)15-6-7-16-21(4,18)19;/h9-11,16H,5-8H2,1-4H3,(H2,14,15,17);1H. The van der Waals surface area contributed by atoms with E-state index in [1.807, 2.05) is 0 Å². The molecule has 1 saturated carbocycles. The minimum atomic E-state index is -3.14. The highest BCUT2D eigenvalue weighted by Gasteiger charge is 2.59. The van der Waals surface area contributed by atoms with Crippen LogP contribution in [0.1, 0.15) is 20.3 Å². The Bertz CT molecular complexity index is 509. The Morgan fingerprint density at radius 3 is 2.64 bits per heavy atom. The molecule has 130 valence electrons. The number of nitrogens with zero attached hydrogens (tertiary/aromatic N) is 1. The second kappa shape index (κ2) is 7.63. The molecule has 1 aliphatic carbocycles. The van der Waals surface area contributed by atoms with Crippen LogP contribution in [0.3, 0.4) is 0 Å². The molecule has 9 heteroatoms. The van der Waals surface area contributed by atoms with Gasteiger partial charge in [0.25, 0.3) is 0 Å². The second-order valence-corrected chi connectivity index (χ2v) is 8.19. The van der Waals surface area contributed by atoms with Crippen LogP contribution in [-0.4, -0.2) is 59.5 Å². The van der Waals surface area contributed by atoms with Crippen LogP contribution in [0.25, 0.3) is 0 Å². The van der Waals surface area contributed by atoms with Crippen molar-refractivity contribution >= 4 is 40.0 Å². The van der Waals surface area contributed by atoms with E-state index < -0.39 is 10.0 Å². The van der Waals surface area contributed by atoms with E-state index in [9.17, 15) is 8.42 Å². The Balaban J connectivity index is 0.00000242. The summed E-state index contributed by atoms with van der Waals surface area (Å²) in [5, 5.41) is 6.57. The molecule has 3 unspecified atom stereocenters. The summed E-state index contributed by atoms with van der Waals surface area (Å²) < 4.78 is 30.2. The molecule has 3 atom stereocenters. The molecule has 1 aliphatic heterocycles. The molecule has 7 nitrogen and oxygen atoms in total. The summed E-state index contributed by atoms with van der Waals surface area (Å²) >= 11 is 0. The highest BCUT2D eigenvalue weighted by atomic mass is 127. The van der Waals surface area contributed by atoms with Gasteiger partial charge in [-0.15, -0.1) is 24.0 Å². The molecule has 1 heterocycles. The van der Waals surface area contributed by atoms with Gasteiger partial charge in [0.05, 0.1) is 12.4 Å². The number of halogens is 1. The van der Waals surface area contributed by atoms with E-state index in [2.05, 4.69) is 34.2 Å². The van der Waals surface area contributed by atoms with E-state index in [-0.39, 0.29) is 29.4 Å². The van der Waals surface area contributed by atoms with Crippen LogP contribution in [-0.2, 0) is 14.8 Å². The number of nitrogens with one attached hydrogen (secondary N) is 3. The lowest BCUT2D eigenvalue weighted by Crippen LogP contribution is -2.68. The third-order valence-electron chi connectivity index (χ3n) is 4.40. The Morgan fingerprint density at radius 2 is 2.05 bits per heavy atom. The van der Waals surface area contributed by atoms with E-state index in [0.717, 1.165) is 19.3 Å². The van der Waals surface area contributed by atoms with Crippen LogP contribution in [0, 0.1) is 11.3 Å². The fraction of sp³-hybridized carbons (Fsp3) is 0.923. The number of hydrogen-bond donors (Lipinski definition) is 3. The maximum atomic E-state index is 11.0. The third kappa shape index (κ3) is 4.45. The van der Waals surface area contributed by atoms with Gasteiger partial charge in [-0.25, -0.2) is 13.1 Å². The lowest BCUT2D eigenvalue weighted by molar-refractivity contribution is -0.106. The van der Waals surface area contributed by atoms with Crippen LogP contribution >= 0.6 is 24.0 Å². The zero-order valence-electron chi connectivity index (χ0n) is 13.5. The number of rotatable bonds is 5. The van der Waals surface area contributed by atoms with Crippen LogP contribution in [0.5, 0.6) is 0 Å². The third-order valence-corrected chi connectivity index (χ3v) is 5.13. The molecule has 0 amide bonds. The average molecular weight is 446 g/mol. The Kier molecular flexibility index (Phi) is 6.90. The van der Waals surface area contributed by atoms with E-state index >= 15 is 0 Å². The first kappa shape index (κ1) is 19.9. The number of guanidine groups is 1. The maximum absolute atomic E-state index is 11.0. The van der Waals surface area contributed by atoms with Crippen molar-refractivity contribution in [1.82, 2.24) is 15.4 Å². The number of aliphatic imine (C=N–C) groups is 1. The number of sulfonamides is 1. The molecular formula is C13H27IN4O3S. The fourth-order valence-corrected chi connectivity index (χ4v) is 3.85. The monoisotopic (exact) mass is 446 g/mol. The van der Waals surface area contributed by atoms with Crippen molar-refractivity contribution < 1.29 is 13.2 Å². The normalized spacial score (nSPS) is 30.0. The van der Waals surface area contributed by atoms with Gasteiger partial charge in [0, 0.05) is 44.1 Å². The lowest BCUT2D eigenvalue weighted by Gasteiger charge is -2.54. The van der Waals surface area contributed by atoms with Gasteiger partial charge < -0.3 is 15.4 Å². The lowest BCUT2D eigenvalue weighted by atomic mass is 9.57. The molecule has 0 spiro atoms. The molecular weight excluding hydrogens is 419 g/mol. The van der Waals surface area contributed by atoms with E-state index in [4.69, 9.17) is 4.74 Å². The molecule has 3 N–H and O–H groups in total. The maximum Gasteiger partial charge on any atom is 0.208 e. The van der Waals surface area contributed by atoms with Crippen molar-refractivity contribution in [2.75, 3.05) is 33.0 Å². The fourth-order valence-electron chi connectivity index (χ4n) is 3.38. The summed E-state index contributed by atoms with van der Waals surface area (Å²) in [6.07, 6.45) is 2.57. The summed E-state index contributed by atoms with van der Waals surface area (Å²) in [5.41, 5.74) is 0.0871. The number of ether oxygens (including phenoxy) is 1. The Morgan fingerprint density at radius 1 is 1.36 bits per heavy atom. The first-order chi connectivity index (χ1) is 9.75. The molecule has 0 aromatic heterocycles.